The number of hydrogen-bond donors (Lipinski definition) is 3. The van der Waals surface area contributed by atoms with E-state index in [1.165, 1.54) is 16.9 Å². The third-order valence-electron chi connectivity index (χ3n) is 9.11. The maximum Gasteiger partial charge on any atom is 0.227 e. The quantitative estimate of drug-likeness (QED) is 0.138. The number of carbonyl (C=O) groups excluding carboxylic acids is 4. The van der Waals surface area contributed by atoms with Crippen LogP contribution in [0.25, 0.3) is 0 Å². The third-order valence-corrected chi connectivity index (χ3v) is 10.1. The molecule has 3 heterocycles. The van der Waals surface area contributed by atoms with Crippen molar-refractivity contribution in [2.75, 3.05) is 26.2 Å². The molecule has 248 valence electrons. The summed E-state index contributed by atoms with van der Waals surface area (Å²) in [6.45, 7) is 1.59. The molecule has 2 aliphatic rings. The third kappa shape index (κ3) is 9.26. The molecule has 1 aromatic heterocycles. The molecule has 3 aromatic rings. The smallest absolute Gasteiger partial charge is 0.227 e. The molecular formula is C35H41ClN6O4S. The van der Waals surface area contributed by atoms with Crippen LogP contribution in [0.3, 0.4) is 0 Å². The van der Waals surface area contributed by atoms with Gasteiger partial charge in [-0.1, -0.05) is 54.1 Å². The fourth-order valence-electron chi connectivity index (χ4n) is 6.67. The van der Waals surface area contributed by atoms with Gasteiger partial charge in [-0.2, -0.15) is 0 Å². The molecule has 2 saturated heterocycles. The van der Waals surface area contributed by atoms with Gasteiger partial charge in [0.2, 0.25) is 17.6 Å². The number of amides is 2. The Morgan fingerprint density at radius 3 is 2.55 bits per heavy atom. The van der Waals surface area contributed by atoms with E-state index in [0.717, 1.165) is 24.8 Å². The number of aryl methyl sites for hydroxylation is 1. The van der Waals surface area contributed by atoms with Crippen LogP contribution in [0, 0.1) is 23.2 Å². The Bertz CT molecular complexity index is 1550. The van der Waals surface area contributed by atoms with Crippen molar-refractivity contribution in [3.63, 3.8) is 0 Å². The van der Waals surface area contributed by atoms with Gasteiger partial charge in [0.15, 0.2) is 16.8 Å². The molecular weight excluding hydrogens is 636 g/mol. The Kier molecular flexibility index (Phi) is 11.8. The summed E-state index contributed by atoms with van der Waals surface area (Å²) in [4.78, 5) is 62.4. The minimum atomic E-state index is -0.857. The van der Waals surface area contributed by atoms with Gasteiger partial charge >= 0.3 is 0 Å². The summed E-state index contributed by atoms with van der Waals surface area (Å²) in [6.07, 6.45) is 5.15. The van der Waals surface area contributed by atoms with E-state index >= 15 is 0 Å². The first kappa shape index (κ1) is 34.3. The highest BCUT2D eigenvalue weighted by Gasteiger charge is 2.43. The number of aromatic nitrogens is 1. The molecule has 4 unspecified atom stereocenters. The van der Waals surface area contributed by atoms with E-state index in [2.05, 4.69) is 10.3 Å². The Morgan fingerprint density at radius 1 is 1.09 bits per heavy atom. The number of nitrogens with zero attached hydrogens (tertiary/aromatic N) is 3. The fourth-order valence-corrected chi connectivity index (χ4v) is 7.43. The minimum absolute atomic E-state index is 0.0112. The van der Waals surface area contributed by atoms with Crippen molar-refractivity contribution in [3.05, 3.63) is 87.3 Å². The van der Waals surface area contributed by atoms with E-state index < -0.39 is 23.8 Å². The number of benzene rings is 2. The van der Waals surface area contributed by atoms with Gasteiger partial charge in [0.25, 0.3) is 0 Å². The molecule has 4 atom stereocenters. The molecule has 0 aliphatic carbocycles. The van der Waals surface area contributed by atoms with Crippen LogP contribution in [-0.4, -0.2) is 76.3 Å². The molecule has 4 N–H and O–H groups in total. The first-order valence-corrected chi connectivity index (χ1v) is 17.4. The molecule has 12 heteroatoms. The van der Waals surface area contributed by atoms with Gasteiger partial charge in [-0.25, -0.2) is 4.98 Å². The summed E-state index contributed by atoms with van der Waals surface area (Å²) in [7, 11) is 0. The molecule has 2 fully saturated rings. The number of thiazole rings is 1. The summed E-state index contributed by atoms with van der Waals surface area (Å²) in [5.41, 5.74) is 7.75. The van der Waals surface area contributed by atoms with Crippen molar-refractivity contribution >= 4 is 52.3 Å². The lowest BCUT2D eigenvalue weighted by atomic mass is 9.77. The van der Waals surface area contributed by atoms with E-state index in [1.807, 2.05) is 42.5 Å². The zero-order valence-corrected chi connectivity index (χ0v) is 27.8. The number of nitrogens with one attached hydrogen (secondary N) is 2. The molecule has 10 nitrogen and oxygen atoms in total. The first-order valence-electron chi connectivity index (χ1n) is 16.1. The van der Waals surface area contributed by atoms with Crippen LogP contribution < -0.4 is 11.1 Å². The Labute approximate surface area is 284 Å². The summed E-state index contributed by atoms with van der Waals surface area (Å²) < 4.78 is 0. The van der Waals surface area contributed by atoms with Gasteiger partial charge in [0.05, 0.1) is 18.5 Å². The van der Waals surface area contributed by atoms with Gasteiger partial charge in [0.1, 0.15) is 0 Å². The highest BCUT2D eigenvalue weighted by atomic mass is 35.5. The van der Waals surface area contributed by atoms with Gasteiger partial charge in [-0.3, -0.25) is 24.6 Å². The molecule has 0 radical (unpaired) electrons. The molecule has 2 aliphatic heterocycles. The van der Waals surface area contributed by atoms with Crippen molar-refractivity contribution < 1.29 is 19.2 Å². The number of carbonyl (C=O) groups is 4. The summed E-state index contributed by atoms with van der Waals surface area (Å²) >= 11 is 7.31. The maximum absolute atomic E-state index is 13.9. The molecule has 47 heavy (non-hydrogen) atoms. The number of Topliss-reactive ketones (excluding diaryl/α,β-unsaturated/α-hetero) is 2. The van der Waals surface area contributed by atoms with Crippen LogP contribution in [0.5, 0.6) is 0 Å². The zero-order valence-electron chi connectivity index (χ0n) is 26.3. The fraction of sp³-hybridized carbons (Fsp3) is 0.429. The molecule has 2 amide bonds. The van der Waals surface area contributed by atoms with Crippen LogP contribution in [0.4, 0.5) is 0 Å². The van der Waals surface area contributed by atoms with Crippen LogP contribution >= 0.6 is 22.9 Å². The molecule has 0 spiro atoms. The summed E-state index contributed by atoms with van der Waals surface area (Å²) in [5.74, 6) is -2.59. The lowest BCUT2D eigenvalue weighted by Gasteiger charge is -2.37. The van der Waals surface area contributed by atoms with Crippen molar-refractivity contribution in [1.82, 2.24) is 20.1 Å². The second-order valence-corrected chi connectivity index (χ2v) is 13.8. The van der Waals surface area contributed by atoms with Crippen molar-refractivity contribution in [2.24, 2.45) is 23.5 Å². The van der Waals surface area contributed by atoms with E-state index in [-0.39, 0.29) is 42.3 Å². The number of likely N-dealkylation sites (tertiary alicyclic amines) is 2. The Balaban J connectivity index is 1.30. The average molecular weight is 677 g/mol. The Hall–Kier alpha value is -4.09. The summed E-state index contributed by atoms with van der Waals surface area (Å²) in [6, 6.07) is 16.3. The number of piperidine rings is 2. The van der Waals surface area contributed by atoms with Crippen LogP contribution in [0.1, 0.15) is 53.0 Å². The van der Waals surface area contributed by atoms with E-state index in [0.29, 0.717) is 48.9 Å². The second kappa shape index (κ2) is 16.1. The molecule has 5 rings (SSSR count). The highest BCUT2D eigenvalue weighted by molar-refractivity contribution is 7.11. The number of hydrogen-bond acceptors (Lipinski definition) is 7. The second-order valence-electron chi connectivity index (χ2n) is 12.5. The van der Waals surface area contributed by atoms with Crippen molar-refractivity contribution in [2.45, 2.75) is 51.0 Å². The predicted molar refractivity (Wildman–Crippen MR) is 182 cm³/mol. The highest BCUT2D eigenvalue weighted by Crippen LogP contribution is 2.30. The summed E-state index contributed by atoms with van der Waals surface area (Å²) in [5, 5.41) is 13.3. The van der Waals surface area contributed by atoms with Crippen molar-refractivity contribution in [1.29, 1.82) is 5.41 Å². The monoisotopic (exact) mass is 676 g/mol. The number of rotatable bonds is 13. The number of guanidine groups is 1. The minimum Gasteiger partial charge on any atom is -0.370 e. The molecule has 0 saturated carbocycles. The predicted octanol–water partition coefficient (Wildman–Crippen LogP) is 4.37. The zero-order chi connectivity index (χ0) is 33.3. The SMILES string of the molecule is N=C(N)N1CCCC(CC(NC(=O)CC2C(=O)CN(CCCc3ccccc3)C(=O)C2Cc2ccc(Cl)cc2)C(=O)c2nccs2)C1. The van der Waals surface area contributed by atoms with E-state index in [9.17, 15) is 19.2 Å². The standard InChI is InChI=1S/C35H41ClN6O4S/c36-26-12-10-24(11-13-26)18-28-27(30(43)22-41(34(28)46)15-4-8-23-6-2-1-3-7-23)20-31(44)40-29(32(45)33-39-14-17-47-33)19-25-9-5-16-42(21-25)35(37)38/h1-3,6-7,10-14,17,25,27-29H,4-5,8-9,15-16,18-22H2,(H3,37,38)(H,40,44). The lowest BCUT2D eigenvalue weighted by molar-refractivity contribution is -0.151. The first-order chi connectivity index (χ1) is 22.7. The van der Waals surface area contributed by atoms with Gasteiger partial charge in [-0.15, -0.1) is 11.3 Å². The lowest BCUT2D eigenvalue weighted by Crippen LogP contribution is -2.53. The van der Waals surface area contributed by atoms with Crippen molar-refractivity contribution in [3.8, 4) is 0 Å². The van der Waals surface area contributed by atoms with Gasteiger partial charge in [0, 0.05) is 48.6 Å². The van der Waals surface area contributed by atoms with Gasteiger partial charge < -0.3 is 20.9 Å². The topological polar surface area (TPSA) is 150 Å². The number of ketones is 2. The van der Waals surface area contributed by atoms with Crippen LogP contribution in [0.2, 0.25) is 5.02 Å². The maximum atomic E-state index is 13.9. The average Bonchev–Trinajstić information content (AvgIpc) is 3.61. The number of halogens is 1. The number of nitrogens with two attached hydrogens (primary N) is 1. The molecule has 2 aromatic carbocycles. The largest absolute Gasteiger partial charge is 0.370 e. The normalized spacial score (nSPS) is 20.6. The van der Waals surface area contributed by atoms with Crippen LogP contribution in [0.15, 0.2) is 66.2 Å². The van der Waals surface area contributed by atoms with Crippen LogP contribution in [-0.2, 0) is 27.2 Å². The van der Waals surface area contributed by atoms with E-state index in [1.54, 1.807) is 33.5 Å². The van der Waals surface area contributed by atoms with Gasteiger partial charge in [-0.05, 0) is 67.7 Å². The Morgan fingerprint density at radius 2 is 1.85 bits per heavy atom. The van der Waals surface area contributed by atoms with E-state index in [4.69, 9.17) is 22.7 Å². The molecule has 0 bridgehead atoms.